The molecule has 168 valence electrons. The number of hydrogen-bond acceptors (Lipinski definition) is 5. The van der Waals surface area contributed by atoms with Crippen LogP contribution in [0, 0.1) is 13.8 Å². The molecular formula is C25H30N4O2S. The number of fused-ring (bicyclic) bond motifs is 1. The van der Waals surface area contributed by atoms with Gasteiger partial charge in [-0.05, 0) is 80.8 Å². The van der Waals surface area contributed by atoms with E-state index in [-0.39, 0.29) is 11.7 Å². The summed E-state index contributed by atoms with van der Waals surface area (Å²) in [5.41, 5.74) is 5.84. The molecule has 1 N–H and O–H groups in total. The molecule has 32 heavy (non-hydrogen) atoms. The lowest BCUT2D eigenvalue weighted by atomic mass is 9.92. The van der Waals surface area contributed by atoms with Gasteiger partial charge in [0.15, 0.2) is 11.0 Å². The van der Waals surface area contributed by atoms with Gasteiger partial charge in [-0.2, -0.15) is 0 Å². The first-order chi connectivity index (χ1) is 15.5. The van der Waals surface area contributed by atoms with E-state index in [2.05, 4.69) is 27.6 Å². The van der Waals surface area contributed by atoms with Gasteiger partial charge in [-0.15, -0.1) is 10.2 Å². The fourth-order valence-electron chi connectivity index (χ4n) is 4.11. The third-order valence-corrected chi connectivity index (χ3v) is 6.84. The van der Waals surface area contributed by atoms with Gasteiger partial charge in [0, 0.05) is 12.2 Å². The Morgan fingerprint density at radius 1 is 1.09 bits per heavy atom. The number of hydrogen-bond donors (Lipinski definition) is 1. The molecule has 0 spiro atoms. The van der Waals surface area contributed by atoms with Crippen LogP contribution in [0.15, 0.2) is 41.6 Å². The Morgan fingerprint density at radius 2 is 1.84 bits per heavy atom. The highest BCUT2D eigenvalue weighted by Gasteiger charge is 2.15. The van der Waals surface area contributed by atoms with E-state index in [9.17, 15) is 4.79 Å². The fraction of sp³-hybridized carbons (Fsp3) is 0.400. The summed E-state index contributed by atoms with van der Waals surface area (Å²) in [6.07, 6.45) is 4.81. The molecular weight excluding hydrogens is 420 g/mol. The number of ether oxygens (including phenoxy) is 1. The van der Waals surface area contributed by atoms with Crippen LogP contribution in [-0.2, 0) is 30.8 Å². The Kier molecular flexibility index (Phi) is 7.15. The van der Waals surface area contributed by atoms with Crippen LogP contribution in [0.1, 0.15) is 47.8 Å². The van der Waals surface area contributed by atoms with Gasteiger partial charge in [-0.1, -0.05) is 36.0 Å². The molecule has 7 heteroatoms. The molecule has 0 fully saturated rings. The summed E-state index contributed by atoms with van der Waals surface area (Å²) in [5.74, 6) is 1.86. The second kappa shape index (κ2) is 10.2. The van der Waals surface area contributed by atoms with E-state index in [4.69, 9.17) is 4.74 Å². The second-order valence-corrected chi connectivity index (χ2v) is 9.12. The number of thioether (sulfide) groups is 1. The highest BCUT2D eigenvalue weighted by molar-refractivity contribution is 7.99. The first kappa shape index (κ1) is 22.4. The molecule has 4 rings (SSSR count). The molecule has 1 aromatic heterocycles. The molecule has 0 unspecified atom stereocenters. The van der Waals surface area contributed by atoms with Crippen molar-refractivity contribution in [3.63, 3.8) is 0 Å². The minimum atomic E-state index is -0.0510. The summed E-state index contributed by atoms with van der Waals surface area (Å²) in [4.78, 5) is 12.5. The van der Waals surface area contributed by atoms with Crippen molar-refractivity contribution in [2.75, 3.05) is 11.1 Å². The zero-order chi connectivity index (χ0) is 22.5. The van der Waals surface area contributed by atoms with Crippen molar-refractivity contribution >= 4 is 23.4 Å². The number of nitrogens with one attached hydrogen (secondary N) is 1. The van der Waals surface area contributed by atoms with Gasteiger partial charge in [-0.3, -0.25) is 4.79 Å². The maximum atomic E-state index is 12.5. The number of nitrogens with zero attached hydrogens (tertiary/aromatic N) is 3. The Morgan fingerprint density at radius 3 is 2.59 bits per heavy atom. The third-order valence-electron chi connectivity index (χ3n) is 5.88. The SMILES string of the molecule is CCn1c(COc2ccc3c(c2)CCCC3)nnc1SCC(=O)Nc1c(C)cccc1C. The summed E-state index contributed by atoms with van der Waals surface area (Å²) >= 11 is 1.39. The van der Waals surface area contributed by atoms with Crippen molar-refractivity contribution in [2.24, 2.45) is 0 Å². The van der Waals surface area contributed by atoms with Crippen LogP contribution in [0.2, 0.25) is 0 Å². The number of amides is 1. The number of aryl methyl sites for hydroxylation is 4. The van der Waals surface area contributed by atoms with Gasteiger partial charge in [-0.25, -0.2) is 0 Å². The Labute approximate surface area is 193 Å². The van der Waals surface area contributed by atoms with Gasteiger partial charge >= 0.3 is 0 Å². The van der Waals surface area contributed by atoms with Crippen molar-refractivity contribution < 1.29 is 9.53 Å². The Bertz CT molecular complexity index is 1090. The number of carbonyl (C=O) groups is 1. The number of para-hydroxylation sites is 1. The van der Waals surface area contributed by atoms with Gasteiger partial charge < -0.3 is 14.6 Å². The second-order valence-electron chi connectivity index (χ2n) is 8.17. The molecule has 0 saturated carbocycles. The molecule has 2 aromatic carbocycles. The zero-order valence-electron chi connectivity index (χ0n) is 19.0. The Balaban J connectivity index is 1.36. The summed E-state index contributed by atoms with van der Waals surface area (Å²) in [7, 11) is 0. The minimum Gasteiger partial charge on any atom is -0.486 e. The van der Waals surface area contributed by atoms with E-state index < -0.39 is 0 Å². The number of rotatable bonds is 8. The first-order valence-electron chi connectivity index (χ1n) is 11.2. The molecule has 1 amide bonds. The van der Waals surface area contributed by atoms with Gasteiger partial charge in [0.1, 0.15) is 12.4 Å². The van der Waals surface area contributed by atoms with Crippen molar-refractivity contribution in [1.82, 2.24) is 14.8 Å². The van der Waals surface area contributed by atoms with E-state index in [1.807, 2.05) is 49.6 Å². The van der Waals surface area contributed by atoms with Crippen molar-refractivity contribution in [3.8, 4) is 5.75 Å². The van der Waals surface area contributed by atoms with Crippen LogP contribution >= 0.6 is 11.8 Å². The summed E-state index contributed by atoms with van der Waals surface area (Å²) in [6.45, 7) is 7.12. The number of benzene rings is 2. The van der Waals surface area contributed by atoms with E-state index in [0.717, 1.165) is 52.9 Å². The quantitative estimate of drug-likeness (QED) is 0.483. The van der Waals surface area contributed by atoms with Crippen LogP contribution in [0.25, 0.3) is 0 Å². The van der Waals surface area contributed by atoms with Crippen molar-refractivity contribution in [3.05, 3.63) is 64.5 Å². The maximum Gasteiger partial charge on any atom is 0.234 e. The predicted octanol–water partition coefficient (Wildman–Crippen LogP) is 5.10. The molecule has 1 aliphatic rings. The molecule has 0 aliphatic heterocycles. The molecule has 1 aliphatic carbocycles. The average Bonchev–Trinajstić information content (AvgIpc) is 3.20. The topological polar surface area (TPSA) is 69.0 Å². The summed E-state index contributed by atoms with van der Waals surface area (Å²) < 4.78 is 8.04. The third kappa shape index (κ3) is 5.15. The molecule has 6 nitrogen and oxygen atoms in total. The fourth-order valence-corrected chi connectivity index (χ4v) is 4.94. The van der Waals surface area contributed by atoms with Gasteiger partial charge in [0.2, 0.25) is 5.91 Å². The van der Waals surface area contributed by atoms with Gasteiger partial charge in [0.25, 0.3) is 0 Å². The lowest BCUT2D eigenvalue weighted by Crippen LogP contribution is -2.16. The highest BCUT2D eigenvalue weighted by Crippen LogP contribution is 2.26. The smallest absolute Gasteiger partial charge is 0.234 e. The first-order valence-corrected chi connectivity index (χ1v) is 12.2. The number of carbonyl (C=O) groups excluding carboxylic acids is 1. The highest BCUT2D eigenvalue weighted by atomic mass is 32.2. The minimum absolute atomic E-state index is 0.0510. The van der Waals surface area contributed by atoms with E-state index >= 15 is 0 Å². The van der Waals surface area contributed by atoms with Gasteiger partial charge in [0.05, 0.1) is 5.75 Å². The predicted molar refractivity (Wildman–Crippen MR) is 128 cm³/mol. The summed E-state index contributed by atoms with van der Waals surface area (Å²) in [5, 5.41) is 12.4. The molecule has 1 heterocycles. The van der Waals surface area contributed by atoms with Crippen LogP contribution < -0.4 is 10.1 Å². The molecule has 0 radical (unpaired) electrons. The van der Waals surface area contributed by atoms with Crippen molar-refractivity contribution in [1.29, 1.82) is 0 Å². The van der Waals surface area contributed by atoms with Crippen LogP contribution in [-0.4, -0.2) is 26.4 Å². The molecule has 0 atom stereocenters. The lowest BCUT2D eigenvalue weighted by molar-refractivity contribution is -0.113. The standard InChI is InChI=1S/C25H30N4O2S/c1-4-29-22(15-31-21-13-12-19-10-5-6-11-20(19)14-21)27-28-25(29)32-16-23(30)26-24-17(2)8-7-9-18(24)3/h7-9,12-14H,4-6,10-11,15-16H2,1-3H3,(H,26,30). The van der Waals surface area contributed by atoms with E-state index in [1.54, 1.807) is 0 Å². The maximum absolute atomic E-state index is 12.5. The molecule has 0 saturated heterocycles. The number of aromatic nitrogens is 3. The Hall–Kier alpha value is -2.80. The van der Waals surface area contributed by atoms with Crippen LogP contribution in [0.3, 0.4) is 0 Å². The molecule has 0 bridgehead atoms. The summed E-state index contributed by atoms with van der Waals surface area (Å²) in [6, 6.07) is 12.4. The van der Waals surface area contributed by atoms with Crippen LogP contribution in [0.5, 0.6) is 5.75 Å². The van der Waals surface area contributed by atoms with E-state index in [1.165, 1.54) is 35.7 Å². The molecule has 3 aromatic rings. The van der Waals surface area contributed by atoms with E-state index in [0.29, 0.717) is 6.61 Å². The monoisotopic (exact) mass is 450 g/mol. The number of anilines is 1. The largest absolute Gasteiger partial charge is 0.486 e. The average molecular weight is 451 g/mol. The zero-order valence-corrected chi connectivity index (χ0v) is 19.8. The van der Waals surface area contributed by atoms with Crippen LogP contribution in [0.4, 0.5) is 5.69 Å². The lowest BCUT2D eigenvalue weighted by Gasteiger charge is -2.16. The normalized spacial score (nSPS) is 13.0. The van der Waals surface area contributed by atoms with Crippen molar-refractivity contribution in [2.45, 2.75) is 64.8 Å².